The highest BCUT2D eigenvalue weighted by Gasteiger charge is 2.15. The van der Waals surface area contributed by atoms with Crippen LogP contribution in [0.5, 0.6) is 23.0 Å². The molecule has 0 fully saturated rings. The van der Waals surface area contributed by atoms with Gasteiger partial charge in [0.05, 0.1) is 0 Å². The number of halogens is 1. The molecule has 8 nitrogen and oxygen atoms in total. The van der Waals surface area contributed by atoms with Gasteiger partial charge in [-0.3, -0.25) is 0 Å². The maximum absolute atomic E-state index is 15.4. The number of benzene rings is 4. The molecule has 0 aliphatic rings. The van der Waals surface area contributed by atoms with E-state index in [2.05, 4.69) is 26.3 Å². The van der Waals surface area contributed by atoms with Crippen molar-refractivity contribution < 1.29 is 42.5 Å². The molecule has 0 aromatic heterocycles. The average molecular weight is 687 g/mol. The standard InChI is InChI=1S/C42H35FO8/c1-24(2)39(44)48-34-17-28(18-35(22-34)49-40(45)25(3)4)9-10-31-15-16-32(21-38(31)43)29-11-13-30(14-12-29)33-19-36(50-41(46)26(5)6)23-37(20-33)51-42(47)27(7)8/h9-23H,1,3,5,7H2,2,4,6,8H3/b10-9+. The van der Waals surface area contributed by atoms with Gasteiger partial charge in [0.2, 0.25) is 0 Å². The zero-order valence-corrected chi connectivity index (χ0v) is 28.6. The smallest absolute Gasteiger partial charge is 0.338 e. The molecule has 0 aliphatic heterocycles. The van der Waals surface area contributed by atoms with Crippen molar-refractivity contribution in [2.24, 2.45) is 0 Å². The predicted octanol–water partition coefficient (Wildman–Crippen LogP) is 9.26. The quantitative estimate of drug-likeness (QED) is 0.0629. The van der Waals surface area contributed by atoms with Crippen LogP contribution in [-0.4, -0.2) is 23.9 Å². The molecule has 0 N–H and O–H groups in total. The summed E-state index contributed by atoms with van der Waals surface area (Å²) in [4.78, 5) is 48.6. The van der Waals surface area contributed by atoms with Crippen LogP contribution in [0.15, 0.2) is 127 Å². The molecule has 4 rings (SSSR count). The van der Waals surface area contributed by atoms with Gasteiger partial charge in [-0.1, -0.05) is 74.9 Å². The van der Waals surface area contributed by atoms with E-state index in [4.69, 9.17) is 18.9 Å². The summed E-state index contributed by atoms with van der Waals surface area (Å²) in [7, 11) is 0. The molecule has 0 radical (unpaired) electrons. The molecule has 0 spiro atoms. The molecule has 9 heteroatoms. The van der Waals surface area contributed by atoms with Crippen molar-refractivity contribution in [2.75, 3.05) is 0 Å². The zero-order valence-electron chi connectivity index (χ0n) is 28.6. The number of hydrogen-bond donors (Lipinski definition) is 0. The van der Waals surface area contributed by atoms with Gasteiger partial charge in [0, 0.05) is 40.0 Å². The van der Waals surface area contributed by atoms with Crippen LogP contribution >= 0.6 is 0 Å². The van der Waals surface area contributed by atoms with Crippen molar-refractivity contribution >= 4 is 36.0 Å². The highest BCUT2D eigenvalue weighted by atomic mass is 19.1. The van der Waals surface area contributed by atoms with E-state index in [0.29, 0.717) is 22.3 Å². The van der Waals surface area contributed by atoms with Gasteiger partial charge in [-0.05, 0) is 85.8 Å². The van der Waals surface area contributed by atoms with Gasteiger partial charge >= 0.3 is 23.9 Å². The minimum absolute atomic E-state index is 0.109. The van der Waals surface area contributed by atoms with E-state index in [1.54, 1.807) is 54.6 Å². The molecule has 258 valence electrons. The van der Waals surface area contributed by atoms with E-state index in [9.17, 15) is 19.2 Å². The molecule has 0 unspecified atom stereocenters. The van der Waals surface area contributed by atoms with Gasteiger partial charge in [0.25, 0.3) is 0 Å². The second kappa shape index (κ2) is 16.2. The summed E-state index contributed by atoms with van der Waals surface area (Å²) >= 11 is 0. The van der Waals surface area contributed by atoms with E-state index in [-0.39, 0.29) is 50.9 Å². The minimum atomic E-state index is -0.658. The van der Waals surface area contributed by atoms with Gasteiger partial charge in [0.15, 0.2) is 0 Å². The summed E-state index contributed by atoms with van der Waals surface area (Å²) in [6, 6.07) is 21.1. The Bertz CT molecular complexity index is 2040. The molecule has 0 amide bonds. The van der Waals surface area contributed by atoms with Crippen molar-refractivity contribution in [3.63, 3.8) is 0 Å². The van der Waals surface area contributed by atoms with Crippen LogP contribution in [0, 0.1) is 5.82 Å². The van der Waals surface area contributed by atoms with Crippen molar-refractivity contribution in [1.82, 2.24) is 0 Å². The Morgan fingerprint density at radius 2 is 0.824 bits per heavy atom. The van der Waals surface area contributed by atoms with Gasteiger partial charge in [-0.25, -0.2) is 23.6 Å². The SMILES string of the molecule is C=C(C)C(=O)Oc1cc(/C=C/c2ccc(-c3ccc(-c4cc(OC(=O)C(=C)C)cc(OC(=O)C(=C)C)c4)cc3)cc2F)cc(OC(=O)C(=C)C)c1. The normalized spacial score (nSPS) is 10.6. The third kappa shape index (κ3) is 10.2. The van der Waals surface area contributed by atoms with Crippen molar-refractivity contribution in [2.45, 2.75) is 27.7 Å². The molecule has 0 atom stereocenters. The highest BCUT2D eigenvalue weighted by Crippen LogP contribution is 2.33. The van der Waals surface area contributed by atoms with E-state index >= 15 is 4.39 Å². The molecule has 51 heavy (non-hydrogen) atoms. The molecule has 0 saturated heterocycles. The maximum atomic E-state index is 15.4. The number of carbonyl (C=O) groups is 4. The summed E-state index contributed by atoms with van der Waals surface area (Å²) in [6.07, 6.45) is 3.13. The first kappa shape index (κ1) is 37.2. The number of rotatable bonds is 12. The van der Waals surface area contributed by atoms with E-state index < -0.39 is 29.7 Å². The number of carbonyl (C=O) groups excluding carboxylic acids is 4. The summed E-state index contributed by atoms with van der Waals surface area (Å²) in [5.74, 6) is -2.55. The van der Waals surface area contributed by atoms with Crippen LogP contribution in [0.4, 0.5) is 4.39 Å². The summed E-state index contributed by atoms with van der Waals surface area (Å²) in [5, 5.41) is 0. The van der Waals surface area contributed by atoms with Crippen LogP contribution in [0.3, 0.4) is 0 Å². The topological polar surface area (TPSA) is 105 Å². The third-order valence-corrected chi connectivity index (χ3v) is 7.03. The van der Waals surface area contributed by atoms with E-state index in [0.717, 1.165) is 5.56 Å². The first-order chi connectivity index (χ1) is 24.1. The number of ether oxygens (including phenoxy) is 4. The van der Waals surface area contributed by atoms with Gasteiger partial charge in [-0.2, -0.15) is 0 Å². The van der Waals surface area contributed by atoms with Gasteiger partial charge < -0.3 is 18.9 Å². The average Bonchev–Trinajstić information content (AvgIpc) is 3.07. The van der Waals surface area contributed by atoms with Crippen LogP contribution in [0.2, 0.25) is 0 Å². The van der Waals surface area contributed by atoms with Crippen molar-refractivity contribution in [3.05, 3.63) is 144 Å². The fourth-order valence-corrected chi connectivity index (χ4v) is 4.32. The minimum Gasteiger partial charge on any atom is -0.423 e. The summed E-state index contributed by atoms with van der Waals surface area (Å²) in [5.41, 5.74) is 4.15. The molecular weight excluding hydrogens is 651 g/mol. The van der Waals surface area contributed by atoms with Crippen LogP contribution in [0.25, 0.3) is 34.4 Å². The van der Waals surface area contributed by atoms with E-state index in [1.165, 1.54) is 64.1 Å². The Hall–Kier alpha value is -6.61. The number of esters is 4. The lowest BCUT2D eigenvalue weighted by Gasteiger charge is -2.12. The number of hydrogen-bond acceptors (Lipinski definition) is 8. The van der Waals surface area contributed by atoms with E-state index in [1.807, 2.05) is 0 Å². The first-order valence-electron chi connectivity index (χ1n) is 15.5. The Kier molecular flexibility index (Phi) is 11.8. The van der Waals surface area contributed by atoms with Crippen LogP contribution in [-0.2, 0) is 19.2 Å². The third-order valence-electron chi connectivity index (χ3n) is 7.03. The lowest BCUT2D eigenvalue weighted by Crippen LogP contribution is -2.10. The van der Waals surface area contributed by atoms with Gasteiger partial charge in [0.1, 0.15) is 28.8 Å². The van der Waals surface area contributed by atoms with Crippen LogP contribution in [0.1, 0.15) is 38.8 Å². The Morgan fingerprint density at radius 1 is 0.471 bits per heavy atom. The fraction of sp³-hybridized carbons (Fsp3) is 0.0952. The van der Waals surface area contributed by atoms with Crippen molar-refractivity contribution in [3.8, 4) is 45.3 Å². The maximum Gasteiger partial charge on any atom is 0.338 e. The lowest BCUT2D eigenvalue weighted by molar-refractivity contribution is -0.131. The fourth-order valence-electron chi connectivity index (χ4n) is 4.32. The summed E-state index contributed by atoms with van der Waals surface area (Å²) < 4.78 is 36.8. The largest absolute Gasteiger partial charge is 0.423 e. The monoisotopic (exact) mass is 686 g/mol. The lowest BCUT2D eigenvalue weighted by atomic mass is 9.99. The Balaban J connectivity index is 1.59. The molecule has 4 aromatic carbocycles. The zero-order chi connectivity index (χ0) is 37.4. The Labute approximate surface area is 295 Å². The second-order valence-corrected chi connectivity index (χ2v) is 11.8. The van der Waals surface area contributed by atoms with Crippen LogP contribution < -0.4 is 18.9 Å². The molecular formula is C42H35FO8. The summed E-state index contributed by atoms with van der Waals surface area (Å²) in [6.45, 7) is 20.4. The molecule has 0 aliphatic carbocycles. The molecule has 0 bridgehead atoms. The molecule has 4 aromatic rings. The molecule has 0 heterocycles. The van der Waals surface area contributed by atoms with Gasteiger partial charge in [-0.15, -0.1) is 0 Å². The van der Waals surface area contributed by atoms with Crippen molar-refractivity contribution in [1.29, 1.82) is 0 Å². The highest BCUT2D eigenvalue weighted by molar-refractivity contribution is 5.91. The first-order valence-corrected chi connectivity index (χ1v) is 15.5. The molecule has 0 saturated carbocycles. The predicted molar refractivity (Wildman–Crippen MR) is 194 cm³/mol. The second-order valence-electron chi connectivity index (χ2n) is 11.8. The Morgan fingerprint density at radius 3 is 1.20 bits per heavy atom.